The van der Waals surface area contributed by atoms with E-state index in [1.807, 2.05) is 63.2 Å². The quantitative estimate of drug-likeness (QED) is 0.218. The molecule has 6 heteroatoms. The van der Waals surface area contributed by atoms with Crippen molar-refractivity contribution in [3.8, 4) is 22.8 Å². The van der Waals surface area contributed by atoms with Gasteiger partial charge in [0.05, 0.1) is 22.5 Å². The van der Waals surface area contributed by atoms with Gasteiger partial charge in [0.1, 0.15) is 11.5 Å². The minimum Gasteiger partial charge on any atom is -0.508 e. The number of hydrogen-bond donors (Lipinski definition) is 3. The van der Waals surface area contributed by atoms with Gasteiger partial charge >= 0.3 is 0 Å². The fourth-order valence-electron chi connectivity index (χ4n) is 3.66. The third-order valence-corrected chi connectivity index (χ3v) is 5.47. The van der Waals surface area contributed by atoms with Crippen molar-refractivity contribution in [2.75, 3.05) is 0 Å². The summed E-state index contributed by atoms with van der Waals surface area (Å²) >= 11 is 0. The molecule has 0 aliphatic heterocycles. The Bertz CT molecular complexity index is 1380. The normalized spacial score (nSPS) is 11.5. The number of carbonyl (C=O) groups excluding carboxylic acids is 1. The first-order valence-corrected chi connectivity index (χ1v) is 10.7. The van der Waals surface area contributed by atoms with Crippen molar-refractivity contribution >= 4 is 22.5 Å². The largest absolute Gasteiger partial charge is 0.508 e. The number of carbonyl (C=O) groups is 1. The fraction of sp³-hybridized carbons (Fsp3) is 0.148. The van der Waals surface area contributed by atoms with Gasteiger partial charge in [-0.05, 0) is 56.7 Å². The van der Waals surface area contributed by atoms with Crippen LogP contribution in [-0.2, 0) is 0 Å². The van der Waals surface area contributed by atoms with E-state index >= 15 is 0 Å². The second kappa shape index (κ2) is 9.12. The summed E-state index contributed by atoms with van der Waals surface area (Å²) < 4.78 is 0. The van der Waals surface area contributed by atoms with Crippen LogP contribution in [0.4, 0.5) is 0 Å². The SMILES string of the molecule is CC/C(=N/NC(=O)c1cc(-c2ccc(C)cc2)nc2ccc(C)cc12)c1cc(O)ccc1O. The molecule has 4 rings (SSSR count). The summed E-state index contributed by atoms with van der Waals surface area (Å²) in [5, 5.41) is 24.9. The average Bonchev–Trinajstić information content (AvgIpc) is 2.81. The average molecular weight is 440 g/mol. The topological polar surface area (TPSA) is 94.8 Å². The first-order chi connectivity index (χ1) is 15.9. The monoisotopic (exact) mass is 439 g/mol. The molecule has 0 fully saturated rings. The van der Waals surface area contributed by atoms with Crippen molar-refractivity contribution in [2.45, 2.75) is 27.2 Å². The van der Waals surface area contributed by atoms with Gasteiger partial charge in [-0.1, -0.05) is 48.4 Å². The third-order valence-electron chi connectivity index (χ3n) is 5.47. The highest BCUT2D eigenvalue weighted by Crippen LogP contribution is 2.27. The minimum atomic E-state index is -0.382. The lowest BCUT2D eigenvalue weighted by atomic mass is 10.0. The molecule has 6 nitrogen and oxygen atoms in total. The van der Waals surface area contributed by atoms with Crippen LogP contribution in [-0.4, -0.2) is 26.8 Å². The molecule has 4 aromatic rings. The third kappa shape index (κ3) is 4.70. The molecule has 0 aliphatic carbocycles. The summed E-state index contributed by atoms with van der Waals surface area (Å²) in [6.45, 7) is 5.84. The zero-order valence-electron chi connectivity index (χ0n) is 18.8. The van der Waals surface area contributed by atoms with Gasteiger partial charge in [-0.2, -0.15) is 5.10 Å². The molecule has 0 atom stereocenters. The maximum Gasteiger partial charge on any atom is 0.272 e. The minimum absolute atomic E-state index is 0.00798. The first-order valence-electron chi connectivity index (χ1n) is 10.7. The standard InChI is InChI=1S/C27H25N3O3/c1-4-23(22-14-19(31)10-12-26(22)32)29-30-27(33)21-15-25(18-8-5-16(2)6-9-18)28-24-11-7-17(3)13-20(21)24/h5-15,31-32H,4H2,1-3H3,(H,30,33)/b29-23-. The smallest absolute Gasteiger partial charge is 0.272 e. The highest BCUT2D eigenvalue weighted by atomic mass is 16.3. The number of hydrazone groups is 1. The van der Waals surface area contributed by atoms with Gasteiger partial charge in [-0.25, -0.2) is 10.4 Å². The number of amides is 1. The van der Waals surface area contributed by atoms with Crippen LogP contribution in [0, 0.1) is 13.8 Å². The Morgan fingerprint density at radius 3 is 2.36 bits per heavy atom. The lowest BCUT2D eigenvalue weighted by molar-refractivity contribution is 0.0956. The number of fused-ring (bicyclic) bond motifs is 1. The Kier molecular flexibility index (Phi) is 6.09. The van der Waals surface area contributed by atoms with Crippen LogP contribution in [0.3, 0.4) is 0 Å². The first kappa shape index (κ1) is 22.0. The molecule has 0 aliphatic rings. The van der Waals surface area contributed by atoms with E-state index in [4.69, 9.17) is 4.98 Å². The van der Waals surface area contributed by atoms with E-state index in [-0.39, 0.29) is 17.4 Å². The zero-order chi connectivity index (χ0) is 23.5. The van der Waals surface area contributed by atoms with E-state index < -0.39 is 0 Å². The lowest BCUT2D eigenvalue weighted by Crippen LogP contribution is -2.20. The van der Waals surface area contributed by atoms with Crippen LogP contribution < -0.4 is 5.43 Å². The van der Waals surface area contributed by atoms with E-state index in [9.17, 15) is 15.0 Å². The van der Waals surface area contributed by atoms with E-state index in [1.165, 1.54) is 18.2 Å². The molecule has 3 N–H and O–H groups in total. The van der Waals surface area contributed by atoms with Gasteiger partial charge in [0.2, 0.25) is 0 Å². The molecule has 0 bridgehead atoms. The van der Waals surface area contributed by atoms with Crippen molar-refractivity contribution in [1.29, 1.82) is 0 Å². The Morgan fingerprint density at radius 2 is 1.64 bits per heavy atom. The number of phenols is 2. The summed E-state index contributed by atoms with van der Waals surface area (Å²) in [4.78, 5) is 18.0. The van der Waals surface area contributed by atoms with Crippen LogP contribution in [0.1, 0.15) is 40.4 Å². The van der Waals surface area contributed by atoms with Gasteiger partial charge in [-0.15, -0.1) is 0 Å². The molecule has 0 saturated heterocycles. The molecular weight excluding hydrogens is 414 g/mol. The van der Waals surface area contributed by atoms with Gasteiger partial charge in [0.15, 0.2) is 0 Å². The number of nitrogens with one attached hydrogen (secondary N) is 1. The van der Waals surface area contributed by atoms with E-state index in [2.05, 4.69) is 10.5 Å². The van der Waals surface area contributed by atoms with Gasteiger partial charge in [0.25, 0.3) is 5.91 Å². The van der Waals surface area contributed by atoms with Crippen LogP contribution in [0.25, 0.3) is 22.2 Å². The van der Waals surface area contributed by atoms with Crippen LogP contribution >= 0.6 is 0 Å². The fourth-order valence-corrected chi connectivity index (χ4v) is 3.66. The number of phenolic OH excluding ortho intramolecular Hbond substituents is 2. The van der Waals surface area contributed by atoms with Gasteiger partial charge < -0.3 is 10.2 Å². The van der Waals surface area contributed by atoms with E-state index in [1.54, 1.807) is 6.07 Å². The summed E-state index contributed by atoms with van der Waals surface area (Å²) in [5.41, 5.74) is 8.39. The molecule has 0 radical (unpaired) electrons. The van der Waals surface area contributed by atoms with Gasteiger partial charge in [0, 0.05) is 16.5 Å². The number of pyridine rings is 1. The predicted molar refractivity (Wildman–Crippen MR) is 131 cm³/mol. The number of rotatable bonds is 5. The number of aryl methyl sites for hydroxylation is 2. The summed E-state index contributed by atoms with van der Waals surface area (Å²) in [5.74, 6) is -0.394. The summed E-state index contributed by atoms with van der Waals surface area (Å²) in [6.07, 6.45) is 0.447. The molecular formula is C27H25N3O3. The molecule has 0 spiro atoms. The number of hydrogen-bond acceptors (Lipinski definition) is 5. The van der Waals surface area contributed by atoms with Crippen molar-refractivity contribution < 1.29 is 15.0 Å². The second-order valence-corrected chi connectivity index (χ2v) is 8.00. The summed E-state index contributed by atoms with van der Waals surface area (Å²) in [6, 6.07) is 19.8. The van der Waals surface area contributed by atoms with Crippen molar-refractivity contribution in [3.05, 3.63) is 89.0 Å². The summed E-state index contributed by atoms with van der Waals surface area (Å²) in [7, 11) is 0. The Labute approximate surface area is 192 Å². The molecule has 1 amide bonds. The van der Waals surface area contributed by atoms with Crippen molar-refractivity contribution in [1.82, 2.24) is 10.4 Å². The lowest BCUT2D eigenvalue weighted by Gasteiger charge is -2.11. The Balaban J connectivity index is 1.76. The highest BCUT2D eigenvalue weighted by molar-refractivity contribution is 6.09. The Morgan fingerprint density at radius 1 is 0.909 bits per heavy atom. The predicted octanol–water partition coefficient (Wildman–Crippen LogP) is 5.47. The van der Waals surface area contributed by atoms with Crippen molar-refractivity contribution in [3.63, 3.8) is 0 Å². The number of benzene rings is 3. The molecule has 1 aromatic heterocycles. The second-order valence-electron chi connectivity index (χ2n) is 8.00. The van der Waals surface area contributed by atoms with E-state index in [0.717, 1.165) is 22.1 Å². The van der Waals surface area contributed by atoms with Crippen LogP contribution in [0.15, 0.2) is 71.8 Å². The molecule has 3 aromatic carbocycles. The molecule has 0 unspecified atom stereocenters. The Hall–Kier alpha value is -4.19. The number of nitrogens with zero attached hydrogens (tertiary/aromatic N) is 2. The molecule has 1 heterocycles. The molecule has 166 valence electrons. The van der Waals surface area contributed by atoms with E-state index in [0.29, 0.717) is 34.5 Å². The number of aromatic nitrogens is 1. The molecule has 0 saturated carbocycles. The maximum atomic E-state index is 13.3. The van der Waals surface area contributed by atoms with Crippen LogP contribution in [0.2, 0.25) is 0 Å². The van der Waals surface area contributed by atoms with Gasteiger partial charge in [-0.3, -0.25) is 4.79 Å². The number of aromatic hydroxyl groups is 2. The zero-order valence-corrected chi connectivity index (χ0v) is 18.8. The van der Waals surface area contributed by atoms with Crippen molar-refractivity contribution in [2.24, 2.45) is 5.10 Å². The molecule has 33 heavy (non-hydrogen) atoms. The van der Waals surface area contributed by atoms with Crippen LogP contribution in [0.5, 0.6) is 11.5 Å². The maximum absolute atomic E-state index is 13.3. The highest BCUT2D eigenvalue weighted by Gasteiger charge is 2.15.